The maximum Gasteiger partial charge on any atom is 0.274 e. The first-order chi connectivity index (χ1) is 13.0. The highest BCUT2D eigenvalue weighted by Gasteiger charge is 2.30. The van der Waals surface area contributed by atoms with Crippen molar-refractivity contribution in [1.29, 1.82) is 0 Å². The fourth-order valence-corrected chi connectivity index (χ4v) is 4.04. The molecule has 1 fully saturated rings. The number of benzene rings is 1. The topological polar surface area (TPSA) is 83.8 Å². The van der Waals surface area contributed by atoms with E-state index in [1.807, 2.05) is 17.5 Å². The van der Waals surface area contributed by atoms with Crippen LogP contribution in [0.4, 0.5) is 5.69 Å². The molecule has 0 aliphatic carbocycles. The Morgan fingerprint density at radius 1 is 1.22 bits per heavy atom. The first-order valence-electron chi connectivity index (χ1n) is 8.77. The van der Waals surface area contributed by atoms with Crippen LogP contribution in [0.25, 0.3) is 0 Å². The Balaban J connectivity index is 1.57. The molecule has 1 aliphatic heterocycles. The van der Waals surface area contributed by atoms with Gasteiger partial charge in [0.2, 0.25) is 5.91 Å². The van der Waals surface area contributed by atoms with Crippen LogP contribution in [-0.4, -0.2) is 46.7 Å². The number of likely N-dealkylation sites (tertiary alicyclic amines) is 1. The SMILES string of the molecule is CN(Cc1ccccc1[N+](=O)[O-])C(=O)C1CCN(C(=O)c2cccs2)CC1. The minimum absolute atomic E-state index is 0.0177. The van der Waals surface area contributed by atoms with E-state index in [-0.39, 0.29) is 30.0 Å². The van der Waals surface area contributed by atoms with Crippen LogP contribution in [0.2, 0.25) is 0 Å². The van der Waals surface area contributed by atoms with Gasteiger partial charge in [-0.1, -0.05) is 24.3 Å². The van der Waals surface area contributed by atoms with Gasteiger partial charge in [0.05, 0.1) is 16.3 Å². The molecule has 1 aromatic carbocycles. The number of piperidine rings is 1. The van der Waals surface area contributed by atoms with Crippen LogP contribution in [-0.2, 0) is 11.3 Å². The van der Waals surface area contributed by atoms with Gasteiger partial charge in [-0.15, -0.1) is 11.3 Å². The number of nitro benzene ring substituents is 1. The molecule has 7 nitrogen and oxygen atoms in total. The lowest BCUT2D eigenvalue weighted by molar-refractivity contribution is -0.385. The van der Waals surface area contributed by atoms with Crippen LogP contribution < -0.4 is 0 Å². The van der Waals surface area contributed by atoms with Crippen molar-refractivity contribution in [2.75, 3.05) is 20.1 Å². The summed E-state index contributed by atoms with van der Waals surface area (Å²) in [5.74, 6) is -0.175. The number of hydrogen-bond donors (Lipinski definition) is 0. The summed E-state index contributed by atoms with van der Waals surface area (Å²) in [5.41, 5.74) is 0.539. The second-order valence-corrected chi connectivity index (χ2v) is 7.57. The Bertz CT molecular complexity index is 829. The highest BCUT2D eigenvalue weighted by Crippen LogP contribution is 2.24. The molecule has 2 heterocycles. The summed E-state index contributed by atoms with van der Waals surface area (Å²) in [4.78, 5) is 39.9. The maximum atomic E-state index is 12.7. The summed E-state index contributed by atoms with van der Waals surface area (Å²) in [7, 11) is 1.67. The number of rotatable bonds is 5. The normalized spacial score (nSPS) is 14.8. The number of thiophene rings is 1. The zero-order valence-electron chi connectivity index (χ0n) is 15.0. The van der Waals surface area contributed by atoms with Crippen LogP contribution in [0.15, 0.2) is 41.8 Å². The average molecular weight is 387 g/mol. The van der Waals surface area contributed by atoms with E-state index in [1.165, 1.54) is 17.4 Å². The average Bonchev–Trinajstić information content (AvgIpc) is 3.22. The molecule has 8 heteroatoms. The fraction of sp³-hybridized carbons (Fsp3) is 0.368. The van der Waals surface area contributed by atoms with Crippen molar-refractivity contribution in [2.24, 2.45) is 5.92 Å². The van der Waals surface area contributed by atoms with E-state index in [0.29, 0.717) is 36.4 Å². The van der Waals surface area contributed by atoms with Gasteiger partial charge in [0.15, 0.2) is 0 Å². The van der Waals surface area contributed by atoms with Gasteiger partial charge in [-0.3, -0.25) is 19.7 Å². The molecular formula is C19H21N3O4S. The number of nitro groups is 1. The number of para-hydroxylation sites is 1. The van der Waals surface area contributed by atoms with E-state index >= 15 is 0 Å². The Kier molecular flexibility index (Phi) is 5.85. The van der Waals surface area contributed by atoms with Crippen LogP contribution in [0.5, 0.6) is 0 Å². The van der Waals surface area contributed by atoms with Crippen molar-refractivity contribution in [3.05, 3.63) is 62.3 Å². The zero-order chi connectivity index (χ0) is 19.4. The second kappa shape index (κ2) is 8.30. The van der Waals surface area contributed by atoms with E-state index < -0.39 is 4.92 Å². The number of carbonyl (C=O) groups excluding carboxylic acids is 2. The second-order valence-electron chi connectivity index (χ2n) is 6.62. The molecule has 0 bridgehead atoms. The summed E-state index contributed by atoms with van der Waals surface area (Å²) in [6, 6.07) is 10.1. The summed E-state index contributed by atoms with van der Waals surface area (Å²) >= 11 is 1.42. The zero-order valence-corrected chi connectivity index (χ0v) is 15.9. The third-order valence-electron chi connectivity index (χ3n) is 4.84. The van der Waals surface area contributed by atoms with Gasteiger partial charge >= 0.3 is 0 Å². The van der Waals surface area contributed by atoms with Gasteiger partial charge in [-0.2, -0.15) is 0 Å². The number of carbonyl (C=O) groups is 2. The lowest BCUT2D eigenvalue weighted by atomic mass is 9.95. The van der Waals surface area contributed by atoms with E-state index in [1.54, 1.807) is 35.0 Å². The highest BCUT2D eigenvalue weighted by molar-refractivity contribution is 7.12. The van der Waals surface area contributed by atoms with Crippen molar-refractivity contribution in [3.8, 4) is 0 Å². The van der Waals surface area contributed by atoms with Gasteiger partial charge in [0.1, 0.15) is 0 Å². The van der Waals surface area contributed by atoms with E-state index in [0.717, 1.165) is 0 Å². The van der Waals surface area contributed by atoms with E-state index in [4.69, 9.17) is 0 Å². The number of hydrogen-bond acceptors (Lipinski definition) is 5. The van der Waals surface area contributed by atoms with Crippen molar-refractivity contribution in [2.45, 2.75) is 19.4 Å². The lowest BCUT2D eigenvalue weighted by Crippen LogP contribution is -2.43. The first kappa shape index (κ1) is 19.0. The standard InChI is InChI=1S/C19H21N3O4S/c1-20(13-15-5-2-3-6-16(15)22(25)26)18(23)14-8-10-21(11-9-14)19(24)17-7-4-12-27-17/h2-7,12,14H,8-11,13H2,1H3. The third kappa shape index (κ3) is 4.33. The molecule has 1 aliphatic rings. The van der Waals surface area contributed by atoms with E-state index in [2.05, 4.69) is 0 Å². The highest BCUT2D eigenvalue weighted by atomic mass is 32.1. The Labute approximate surface area is 161 Å². The summed E-state index contributed by atoms with van der Waals surface area (Å²) in [6.45, 7) is 1.29. The molecule has 27 heavy (non-hydrogen) atoms. The maximum absolute atomic E-state index is 12.7. The predicted molar refractivity (Wildman–Crippen MR) is 103 cm³/mol. The largest absolute Gasteiger partial charge is 0.341 e. The van der Waals surface area contributed by atoms with Crippen molar-refractivity contribution < 1.29 is 14.5 Å². The molecule has 0 radical (unpaired) electrons. The lowest BCUT2D eigenvalue weighted by Gasteiger charge is -2.33. The molecule has 0 unspecified atom stereocenters. The molecule has 3 rings (SSSR count). The van der Waals surface area contributed by atoms with Gasteiger partial charge in [-0.25, -0.2) is 0 Å². The fourth-order valence-electron chi connectivity index (χ4n) is 3.35. The van der Waals surface area contributed by atoms with Crippen LogP contribution in [0.1, 0.15) is 28.1 Å². The monoisotopic (exact) mass is 387 g/mol. The van der Waals surface area contributed by atoms with E-state index in [9.17, 15) is 19.7 Å². The minimum Gasteiger partial charge on any atom is -0.341 e. The van der Waals surface area contributed by atoms with Gasteiger partial charge in [0, 0.05) is 37.7 Å². The molecule has 2 aromatic rings. The molecular weight excluding hydrogens is 366 g/mol. The van der Waals surface area contributed by atoms with Gasteiger partial charge in [-0.05, 0) is 24.3 Å². The van der Waals surface area contributed by atoms with Gasteiger partial charge < -0.3 is 9.80 Å². The first-order valence-corrected chi connectivity index (χ1v) is 9.65. The molecule has 0 saturated carbocycles. The predicted octanol–water partition coefficient (Wildman–Crippen LogP) is 3.17. The number of amides is 2. The van der Waals surface area contributed by atoms with Crippen LogP contribution in [0.3, 0.4) is 0 Å². The summed E-state index contributed by atoms with van der Waals surface area (Å²) in [6.07, 6.45) is 1.22. The molecule has 2 amide bonds. The Morgan fingerprint density at radius 3 is 2.56 bits per heavy atom. The Morgan fingerprint density at radius 2 is 1.93 bits per heavy atom. The summed E-state index contributed by atoms with van der Waals surface area (Å²) < 4.78 is 0. The molecule has 1 saturated heterocycles. The van der Waals surface area contributed by atoms with Gasteiger partial charge in [0.25, 0.3) is 11.6 Å². The summed E-state index contributed by atoms with van der Waals surface area (Å²) in [5, 5.41) is 13.0. The smallest absolute Gasteiger partial charge is 0.274 e. The quantitative estimate of drug-likeness (QED) is 0.583. The van der Waals surface area contributed by atoms with Crippen molar-refractivity contribution in [1.82, 2.24) is 9.80 Å². The van der Waals surface area contributed by atoms with Crippen LogP contribution in [0, 0.1) is 16.0 Å². The molecule has 142 valence electrons. The molecule has 1 aromatic heterocycles. The van der Waals surface area contributed by atoms with Crippen LogP contribution >= 0.6 is 11.3 Å². The molecule has 0 N–H and O–H groups in total. The molecule has 0 spiro atoms. The number of nitrogens with zero attached hydrogens (tertiary/aromatic N) is 3. The minimum atomic E-state index is -0.428. The molecule has 0 atom stereocenters. The Hall–Kier alpha value is -2.74. The third-order valence-corrected chi connectivity index (χ3v) is 5.69. The van der Waals surface area contributed by atoms with Crippen molar-refractivity contribution >= 4 is 28.8 Å². The van der Waals surface area contributed by atoms with Crippen molar-refractivity contribution in [3.63, 3.8) is 0 Å².